The first-order valence-corrected chi connectivity index (χ1v) is 7.50. The number of alkyl halides is 3. The summed E-state index contributed by atoms with van der Waals surface area (Å²) in [4.78, 5) is 2.21. The van der Waals surface area contributed by atoms with E-state index in [9.17, 15) is 13.2 Å². The molecule has 1 aromatic carbocycles. The first-order valence-electron chi connectivity index (χ1n) is 7.12. The summed E-state index contributed by atoms with van der Waals surface area (Å²) >= 11 is 5.82. The summed E-state index contributed by atoms with van der Waals surface area (Å²) in [7, 11) is 1.92. The van der Waals surface area contributed by atoms with Gasteiger partial charge in [-0.2, -0.15) is 13.2 Å². The van der Waals surface area contributed by atoms with Crippen LogP contribution in [0.3, 0.4) is 0 Å². The zero-order chi connectivity index (χ0) is 15.5. The zero-order valence-electron chi connectivity index (χ0n) is 12.4. The molecule has 0 amide bonds. The first-order chi connectivity index (χ1) is 9.88. The van der Waals surface area contributed by atoms with Crippen LogP contribution in [0.5, 0.6) is 0 Å². The molecule has 1 fully saturated rings. The van der Waals surface area contributed by atoms with Gasteiger partial charge in [-0.3, -0.25) is 4.90 Å². The highest BCUT2D eigenvalue weighted by atomic mass is 35.5. The molecule has 0 bridgehead atoms. The lowest BCUT2D eigenvalue weighted by Gasteiger charge is -2.32. The van der Waals surface area contributed by atoms with Gasteiger partial charge in [0.05, 0.1) is 5.56 Å². The van der Waals surface area contributed by atoms with Crippen molar-refractivity contribution in [2.45, 2.75) is 25.6 Å². The van der Waals surface area contributed by atoms with E-state index in [1.165, 1.54) is 12.5 Å². The second kappa shape index (κ2) is 8.39. The molecule has 1 unspecified atom stereocenters. The van der Waals surface area contributed by atoms with Gasteiger partial charge in [0.1, 0.15) is 0 Å². The van der Waals surface area contributed by atoms with Crippen molar-refractivity contribution in [2.75, 3.05) is 26.7 Å². The number of piperidine rings is 1. The summed E-state index contributed by atoms with van der Waals surface area (Å²) in [6, 6.07) is 3.80. The largest absolute Gasteiger partial charge is 0.416 e. The molecule has 0 aliphatic carbocycles. The van der Waals surface area contributed by atoms with Gasteiger partial charge in [0.25, 0.3) is 0 Å². The number of rotatable bonds is 4. The third-order valence-electron chi connectivity index (χ3n) is 3.79. The smallest absolute Gasteiger partial charge is 0.319 e. The summed E-state index contributed by atoms with van der Waals surface area (Å²) < 4.78 is 38.4. The molecule has 0 aromatic heterocycles. The van der Waals surface area contributed by atoms with Crippen LogP contribution in [0, 0.1) is 5.92 Å². The molecule has 1 heterocycles. The summed E-state index contributed by atoms with van der Waals surface area (Å²) in [6.07, 6.45) is -2.10. The van der Waals surface area contributed by atoms with Gasteiger partial charge < -0.3 is 5.32 Å². The van der Waals surface area contributed by atoms with Gasteiger partial charge in [0.2, 0.25) is 0 Å². The van der Waals surface area contributed by atoms with Gasteiger partial charge in [-0.05, 0) is 62.7 Å². The molecule has 2 nitrogen and oxygen atoms in total. The predicted octanol–water partition coefficient (Wildman–Crippen LogP) is 4.21. The molecule has 0 spiro atoms. The van der Waals surface area contributed by atoms with E-state index in [1.54, 1.807) is 6.07 Å². The molecule has 1 aliphatic heterocycles. The number of likely N-dealkylation sites (tertiary alicyclic amines) is 1. The Morgan fingerprint density at radius 2 is 2.05 bits per heavy atom. The maximum atomic E-state index is 12.8. The zero-order valence-corrected chi connectivity index (χ0v) is 14.0. The van der Waals surface area contributed by atoms with Gasteiger partial charge in [0.15, 0.2) is 0 Å². The van der Waals surface area contributed by atoms with Crippen LogP contribution in [0.1, 0.15) is 24.0 Å². The van der Waals surface area contributed by atoms with Crippen molar-refractivity contribution in [1.29, 1.82) is 0 Å². The van der Waals surface area contributed by atoms with Crippen molar-refractivity contribution in [1.82, 2.24) is 10.2 Å². The lowest BCUT2D eigenvalue weighted by Crippen LogP contribution is -2.38. The van der Waals surface area contributed by atoms with E-state index in [1.807, 2.05) is 7.05 Å². The van der Waals surface area contributed by atoms with Crippen LogP contribution in [0.15, 0.2) is 18.2 Å². The Balaban J connectivity index is 0.00000242. The maximum absolute atomic E-state index is 12.8. The fourth-order valence-corrected chi connectivity index (χ4v) is 3.17. The Morgan fingerprint density at radius 1 is 1.32 bits per heavy atom. The third-order valence-corrected chi connectivity index (χ3v) is 4.01. The van der Waals surface area contributed by atoms with Crippen molar-refractivity contribution in [3.63, 3.8) is 0 Å². The van der Waals surface area contributed by atoms with E-state index in [0.717, 1.165) is 32.1 Å². The Bertz CT molecular complexity index is 478. The molecule has 0 radical (unpaired) electrons. The Hall–Kier alpha value is -0.490. The summed E-state index contributed by atoms with van der Waals surface area (Å²) in [5.41, 5.74) is -0.0475. The normalized spacial score (nSPS) is 19.8. The van der Waals surface area contributed by atoms with Crippen LogP contribution >= 0.6 is 24.0 Å². The van der Waals surface area contributed by atoms with Crippen molar-refractivity contribution in [2.24, 2.45) is 5.92 Å². The monoisotopic (exact) mass is 356 g/mol. The van der Waals surface area contributed by atoms with Crippen molar-refractivity contribution < 1.29 is 13.2 Å². The fourth-order valence-electron chi connectivity index (χ4n) is 2.91. The van der Waals surface area contributed by atoms with Crippen molar-refractivity contribution >= 4 is 24.0 Å². The summed E-state index contributed by atoms with van der Waals surface area (Å²) in [6.45, 7) is 3.30. The lowest BCUT2D eigenvalue weighted by molar-refractivity contribution is -0.137. The topological polar surface area (TPSA) is 15.3 Å². The number of nitrogens with one attached hydrogen (secondary N) is 1. The van der Waals surface area contributed by atoms with Gasteiger partial charge in [-0.15, -0.1) is 12.4 Å². The quantitative estimate of drug-likeness (QED) is 0.868. The Morgan fingerprint density at radius 3 is 2.68 bits per heavy atom. The van der Waals surface area contributed by atoms with Gasteiger partial charge in [-0.25, -0.2) is 0 Å². The van der Waals surface area contributed by atoms with E-state index in [0.29, 0.717) is 18.0 Å². The molecule has 2 rings (SSSR count). The Kier molecular flexibility index (Phi) is 7.46. The predicted molar refractivity (Wildman–Crippen MR) is 85.6 cm³/mol. The molecular weight excluding hydrogens is 336 g/mol. The van der Waals surface area contributed by atoms with E-state index in [2.05, 4.69) is 10.2 Å². The molecule has 1 N–H and O–H groups in total. The van der Waals surface area contributed by atoms with E-state index >= 15 is 0 Å². The summed E-state index contributed by atoms with van der Waals surface area (Å²) in [5, 5.41) is 3.31. The fraction of sp³-hybridized carbons (Fsp3) is 0.600. The van der Waals surface area contributed by atoms with Crippen LogP contribution < -0.4 is 5.32 Å². The molecule has 22 heavy (non-hydrogen) atoms. The van der Waals surface area contributed by atoms with Crippen LogP contribution in [0.2, 0.25) is 5.02 Å². The van der Waals surface area contributed by atoms with Crippen LogP contribution in [-0.4, -0.2) is 31.6 Å². The van der Waals surface area contributed by atoms with Crippen LogP contribution in [0.4, 0.5) is 13.2 Å². The van der Waals surface area contributed by atoms with Crippen LogP contribution in [0.25, 0.3) is 0 Å². The van der Waals surface area contributed by atoms with E-state index in [-0.39, 0.29) is 17.4 Å². The molecule has 1 aromatic rings. The van der Waals surface area contributed by atoms with Gasteiger partial charge in [0, 0.05) is 18.1 Å². The minimum absolute atomic E-state index is 0. The minimum atomic E-state index is -4.35. The second-order valence-electron chi connectivity index (χ2n) is 5.65. The highest BCUT2D eigenvalue weighted by molar-refractivity contribution is 6.30. The van der Waals surface area contributed by atoms with Gasteiger partial charge >= 0.3 is 6.18 Å². The average Bonchev–Trinajstić information content (AvgIpc) is 2.38. The number of benzene rings is 1. The van der Waals surface area contributed by atoms with Gasteiger partial charge in [-0.1, -0.05) is 11.6 Å². The maximum Gasteiger partial charge on any atom is 0.416 e. The second-order valence-corrected chi connectivity index (χ2v) is 6.08. The molecule has 126 valence electrons. The third kappa shape index (κ3) is 5.61. The van der Waals surface area contributed by atoms with Crippen LogP contribution in [-0.2, 0) is 12.7 Å². The number of halogens is 5. The van der Waals surface area contributed by atoms with E-state index in [4.69, 9.17) is 11.6 Å². The lowest BCUT2D eigenvalue weighted by atomic mass is 9.97. The number of nitrogens with zero attached hydrogens (tertiary/aromatic N) is 1. The SMILES string of the molecule is CNCC1CCCN(Cc2cc(Cl)cc(C(F)(F)F)c2)C1.Cl. The minimum Gasteiger partial charge on any atom is -0.319 e. The van der Waals surface area contributed by atoms with Crippen molar-refractivity contribution in [3.05, 3.63) is 34.3 Å². The highest BCUT2D eigenvalue weighted by Crippen LogP contribution is 2.32. The number of hydrogen-bond acceptors (Lipinski definition) is 2. The molecule has 0 saturated carbocycles. The molecule has 1 aliphatic rings. The summed E-state index contributed by atoms with van der Waals surface area (Å²) in [5.74, 6) is 0.560. The highest BCUT2D eigenvalue weighted by Gasteiger charge is 2.31. The van der Waals surface area contributed by atoms with Crippen molar-refractivity contribution in [3.8, 4) is 0 Å². The first kappa shape index (κ1) is 19.6. The number of hydrogen-bond donors (Lipinski definition) is 1. The molecule has 1 atom stereocenters. The van der Waals surface area contributed by atoms with E-state index < -0.39 is 11.7 Å². The standard InChI is InChI=1S/C15H20ClF3N2.ClH/c1-20-8-11-3-2-4-21(9-11)10-12-5-13(15(17,18)19)7-14(16)6-12;/h5-7,11,20H,2-4,8-10H2,1H3;1H. The Labute approximate surface area is 140 Å². The molecular formula is C15H21Cl2F3N2. The average molecular weight is 357 g/mol. The molecule has 1 saturated heterocycles. The molecule has 7 heteroatoms.